The first-order chi connectivity index (χ1) is 10.6. The van der Waals surface area contributed by atoms with Crippen LogP contribution in [0, 0.1) is 0 Å². The zero-order chi connectivity index (χ0) is 15.9. The van der Waals surface area contributed by atoms with Crippen molar-refractivity contribution in [1.82, 2.24) is 10.2 Å². The lowest BCUT2D eigenvalue weighted by molar-refractivity contribution is 0.0919. The standard InChI is InChI=1S/C16H19ClN2O3/c1-19(2)11-5-10-18-16(20)14-8-9-15(22-14)21-13-7-4-3-6-12(13)17/h3-4,6-9H,5,10-11H2,1-2H3,(H,18,20). The van der Waals surface area contributed by atoms with Crippen molar-refractivity contribution < 1.29 is 13.9 Å². The van der Waals surface area contributed by atoms with Crippen molar-refractivity contribution in [2.45, 2.75) is 6.42 Å². The van der Waals surface area contributed by atoms with Crippen molar-refractivity contribution in [3.05, 3.63) is 47.2 Å². The van der Waals surface area contributed by atoms with Crippen molar-refractivity contribution in [3.8, 4) is 11.7 Å². The van der Waals surface area contributed by atoms with Crippen LogP contribution in [-0.4, -0.2) is 38.0 Å². The van der Waals surface area contributed by atoms with E-state index in [1.807, 2.05) is 26.2 Å². The first-order valence-corrected chi connectivity index (χ1v) is 7.39. The summed E-state index contributed by atoms with van der Waals surface area (Å²) >= 11 is 6.00. The molecule has 1 aromatic heterocycles. The third-order valence-electron chi connectivity index (χ3n) is 2.92. The van der Waals surface area contributed by atoms with Crippen LogP contribution in [0.2, 0.25) is 5.02 Å². The molecule has 1 amide bonds. The molecule has 1 heterocycles. The summed E-state index contributed by atoms with van der Waals surface area (Å²) in [6.45, 7) is 1.51. The van der Waals surface area contributed by atoms with E-state index in [0.717, 1.165) is 13.0 Å². The summed E-state index contributed by atoms with van der Waals surface area (Å²) in [4.78, 5) is 14.0. The molecule has 5 nitrogen and oxygen atoms in total. The van der Waals surface area contributed by atoms with Crippen LogP contribution in [0.5, 0.6) is 11.7 Å². The maximum absolute atomic E-state index is 11.9. The Labute approximate surface area is 134 Å². The number of carbonyl (C=O) groups excluding carboxylic acids is 1. The summed E-state index contributed by atoms with van der Waals surface area (Å²) in [5, 5.41) is 3.28. The highest BCUT2D eigenvalue weighted by atomic mass is 35.5. The number of benzene rings is 1. The fourth-order valence-electron chi connectivity index (χ4n) is 1.82. The van der Waals surface area contributed by atoms with Gasteiger partial charge in [0.2, 0.25) is 0 Å². The molecule has 0 aliphatic rings. The van der Waals surface area contributed by atoms with Crippen LogP contribution in [0.15, 0.2) is 40.8 Å². The molecule has 1 aromatic carbocycles. The monoisotopic (exact) mass is 322 g/mol. The maximum atomic E-state index is 11.9. The van der Waals surface area contributed by atoms with Gasteiger partial charge in [-0.25, -0.2) is 0 Å². The lowest BCUT2D eigenvalue weighted by atomic mass is 10.3. The molecule has 2 aromatic rings. The van der Waals surface area contributed by atoms with Crippen LogP contribution in [0.25, 0.3) is 0 Å². The fourth-order valence-corrected chi connectivity index (χ4v) is 1.99. The summed E-state index contributed by atoms with van der Waals surface area (Å²) in [7, 11) is 3.99. The first kappa shape index (κ1) is 16.4. The van der Waals surface area contributed by atoms with Gasteiger partial charge in [-0.05, 0) is 45.3 Å². The lowest BCUT2D eigenvalue weighted by Gasteiger charge is -2.09. The minimum Gasteiger partial charge on any atom is -0.424 e. The van der Waals surface area contributed by atoms with E-state index in [-0.39, 0.29) is 17.6 Å². The van der Waals surface area contributed by atoms with E-state index in [4.69, 9.17) is 20.8 Å². The van der Waals surface area contributed by atoms with Crippen LogP contribution >= 0.6 is 11.6 Å². The molecule has 0 atom stereocenters. The number of para-hydroxylation sites is 1. The van der Waals surface area contributed by atoms with Gasteiger partial charge in [-0.15, -0.1) is 0 Å². The molecule has 0 unspecified atom stereocenters. The molecule has 0 spiro atoms. The van der Waals surface area contributed by atoms with E-state index in [2.05, 4.69) is 10.2 Å². The van der Waals surface area contributed by atoms with E-state index >= 15 is 0 Å². The second kappa shape index (κ2) is 7.87. The molecule has 22 heavy (non-hydrogen) atoms. The predicted molar refractivity (Wildman–Crippen MR) is 85.7 cm³/mol. The van der Waals surface area contributed by atoms with Gasteiger partial charge in [0.15, 0.2) is 5.76 Å². The Morgan fingerprint density at radius 2 is 2.05 bits per heavy atom. The smallest absolute Gasteiger partial charge is 0.290 e. The second-order valence-corrected chi connectivity index (χ2v) is 5.47. The van der Waals surface area contributed by atoms with Gasteiger partial charge in [0.1, 0.15) is 5.75 Å². The Morgan fingerprint density at radius 1 is 1.27 bits per heavy atom. The summed E-state index contributed by atoms with van der Waals surface area (Å²) in [5.41, 5.74) is 0. The van der Waals surface area contributed by atoms with Crippen LogP contribution < -0.4 is 10.1 Å². The zero-order valence-electron chi connectivity index (χ0n) is 12.6. The molecule has 0 aliphatic carbocycles. The Kier molecular flexibility index (Phi) is 5.86. The van der Waals surface area contributed by atoms with Crippen molar-refractivity contribution in [2.75, 3.05) is 27.2 Å². The maximum Gasteiger partial charge on any atom is 0.290 e. The number of carbonyl (C=O) groups is 1. The van der Waals surface area contributed by atoms with Gasteiger partial charge in [0.25, 0.3) is 11.9 Å². The number of amides is 1. The average molecular weight is 323 g/mol. The second-order valence-electron chi connectivity index (χ2n) is 5.06. The normalized spacial score (nSPS) is 10.7. The minimum atomic E-state index is -0.257. The molecule has 2 rings (SSSR count). The molecule has 0 radical (unpaired) electrons. The Balaban J connectivity index is 1.88. The van der Waals surface area contributed by atoms with Crippen molar-refractivity contribution in [2.24, 2.45) is 0 Å². The predicted octanol–water partition coefficient (Wildman–Crippen LogP) is 3.41. The molecule has 0 aliphatic heterocycles. The molecule has 0 saturated carbocycles. The van der Waals surface area contributed by atoms with Gasteiger partial charge in [-0.1, -0.05) is 23.7 Å². The van der Waals surface area contributed by atoms with E-state index in [1.54, 1.807) is 24.3 Å². The Morgan fingerprint density at radius 3 is 2.77 bits per heavy atom. The largest absolute Gasteiger partial charge is 0.424 e. The molecule has 0 saturated heterocycles. The van der Waals surface area contributed by atoms with Gasteiger partial charge in [0.05, 0.1) is 5.02 Å². The first-order valence-electron chi connectivity index (χ1n) is 7.01. The Bertz CT molecular complexity index is 625. The minimum absolute atomic E-state index is 0.215. The number of ether oxygens (including phenoxy) is 1. The number of rotatable bonds is 7. The molecular formula is C16H19ClN2O3. The van der Waals surface area contributed by atoms with Gasteiger partial charge in [-0.3, -0.25) is 4.79 Å². The summed E-state index contributed by atoms with van der Waals surface area (Å²) in [6.07, 6.45) is 0.877. The van der Waals surface area contributed by atoms with Crippen LogP contribution in [0.3, 0.4) is 0 Å². The summed E-state index contributed by atoms with van der Waals surface area (Å²) in [5.74, 6) is 0.669. The van der Waals surface area contributed by atoms with Crippen molar-refractivity contribution in [3.63, 3.8) is 0 Å². The Hall–Kier alpha value is -1.98. The molecule has 0 fully saturated rings. The third kappa shape index (κ3) is 4.79. The van der Waals surface area contributed by atoms with Gasteiger partial charge in [-0.2, -0.15) is 0 Å². The molecule has 1 N–H and O–H groups in total. The molecule has 0 bridgehead atoms. The average Bonchev–Trinajstić information content (AvgIpc) is 2.94. The highest BCUT2D eigenvalue weighted by Crippen LogP contribution is 2.29. The third-order valence-corrected chi connectivity index (χ3v) is 3.23. The van der Waals surface area contributed by atoms with Gasteiger partial charge in [0, 0.05) is 12.6 Å². The summed E-state index contributed by atoms with van der Waals surface area (Å²) < 4.78 is 10.9. The highest BCUT2D eigenvalue weighted by Gasteiger charge is 2.12. The topological polar surface area (TPSA) is 54.7 Å². The number of nitrogens with one attached hydrogen (secondary N) is 1. The number of hydrogen-bond acceptors (Lipinski definition) is 4. The number of nitrogens with zero attached hydrogens (tertiary/aromatic N) is 1. The summed E-state index contributed by atoms with van der Waals surface area (Å²) in [6, 6.07) is 10.2. The van der Waals surface area contributed by atoms with Gasteiger partial charge < -0.3 is 19.4 Å². The molecule has 118 valence electrons. The van der Waals surface area contributed by atoms with Crippen LogP contribution in [0.4, 0.5) is 0 Å². The number of furan rings is 1. The number of halogens is 1. The van der Waals surface area contributed by atoms with Crippen LogP contribution in [-0.2, 0) is 0 Å². The molecular weight excluding hydrogens is 304 g/mol. The SMILES string of the molecule is CN(C)CCCNC(=O)c1ccc(Oc2ccccc2Cl)o1. The van der Waals surface area contributed by atoms with E-state index < -0.39 is 0 Å². The van der Waals surface area contributed by atoms with Crippen molar-refractivity contribution >= 4 is 17.5 Å². The quantitative estimate of drug-likeness (QED) is 0.794. The van der Waals surface area contributed by atoms with E-state index in [0.29, 0.717) is 17.3 Å². The van der Waals surface area contributed by atoms with Gasteiger partial charge >= 0.3 is 0 Å². The lowest BCUT2D eigenvalue weighted by Crippen LogP contribution is -2.26. The molecule has 6 heteroatoms. The number of hydrogen-bond donors (Lipinski definition) is 1. The van der Waals surface area contributed by atoms with Crippen molar-refractivity contribution in [1.29, 1.82) is 0 Å². The highest BCUT2D eigenvalue weighted by molar-refractivity contribution is 6.32. The van der Waals surface area contributed by atoms with E-state index in [1.165, 1.54) is 0 Å². The zero-order valence-corrected chi connectivity index (χ0v) is 13.4. The van der Waals surface area contributed by atoms with E-state index in [9.17, 15) is 4.79 Å². The fraction of sp³-hybridized carbons (Fsp3) is 0.312. The van der Waals surface area contributed by atoms with Crippen LogP contribution in [0.1, 0.15) is 17.0 Å².